The fourth-order valence-corrected chi connectivity index (χ4v) is 2.12. The normalized spacial score (nSPS) is 11.2. The smallest absolute Gasteiger partial charge is 0.126 e. The molecule has 1 N–H and O–H groups in total. The van der Waals surface area contributed by atoms with Crippen LogP contribution in [0.25, 0.3) is 0 Å². The van der Waals surface area contributed by atoms with Gasteiger partial charge in [-0.25, -0.2) is 0 Å². The molecule has 0 atom stereocenters. The number of furan rings is 1. The molecular formula is C13H18ClN3O. The first kappa shape index (κ1) is 13.2. The summed E-state index contributed by atoms with van der Waals surface area (Å²) in [6.45, 7) is 7.28. The summed E-state index contributed by atoms with van der Waals surface area (Å²) in [6.07, 6.45) is 0. The molecule has 0 fully saturated rings. The van der Waals surface area contributed by atoms with Crippen molar-refractivity contribution in [3.8, 4) is 0 Å². The van der Waals surface area contributed by atoms with Crippen LogP contribution in [0.5, 0.6) is 0 Å². The van der Waals surface area contributed by atoms with E-state index in [-0.39, 0.29) is 0 Å². The monoisotopic (exact) mass is 267 g/mol. The van der Waals surface area contributed by atoms with Gasteiger partial charge in [0.2, 0.25) is 0 Å². The van der Waals surface area contributed by atoms with Gasteiger partial charge in [-0.15, -0.1) is 0 Å². The third-order valence-electron chi connectivity index (χ3n) is 3.01. The molecule has 4 nitrogen and oxygen atoms in total. The average molecular weight is 268 g/mol. The van der Waals surface area contributed by atoms with Crippen molar-refractivity contribution in [2.45, 2.75) is 33.9 Å². The largest absolute Gasteiger partial charge is 0.462 e. The molecule has 0 saturated carbocycles. The number of aryl methyl sites for hydroxylation is 2. The molecule has 0 aliphatic rings. The maximum atomic E-state index is 6.13. The summed E-state index contributed by atoms with van der Waals surface area (Å²) in [5.41, 5.74) is 2.98. The first-order chi connectivity index (χ1) is 8.52. The standard InChI is InChI=1S/C13H18ClN3O/c1-8-5-11(18-12(8)6-15-4)7-17-10(3)13(14)9(2)16-17/h5,15H,6-7H2,1-4H3. The number of hydrogen-bond acceptors (Lipinski definition) is 3. The fraction of sp³-hybridized carbons (Fsp3) is 0.462. The maximum Gasteiger partial charge on any atom is 0.126 e. The highest BCUT2D eigenvalue weighted by molar-refractivity contribution is 6.31. The van der Waals surface area contributed by atoms with Crippen molar-refractivity contribution in [1.29, 1.82) is 0 Å². The van der Waals surface area contributed by atoms with Gasteiger partial charge in [-0.2, -0.15) is 5.10 Å². The van der Waals surface area contributed by atoms with Crippen LogP contribution in [0.2, 0.25) is 5.02 Å². The molecule has 0 radical (unpaired) electrons. The summed E-state index contributed by atoms with van der Waals surface area (Å²) in [5.74, 6) is 1.88. The number of rotatable bonds is 4. The van der Waals surface area contributed by atoms with Crippen LogP contribution in [0.4, 0.5) is 0 Å². The van der Waals surface area contributed by atoms with Crippen molar-refractivity contribution < 1.29 is 4.42 Å². The van der Waals surface area contributed by atoms with Crippen LogP contribution in [-0.4, -0.2) is 16.8 Å². The molecule has 2 aromatic heterocycles. The van der Waals surface area contributed by atoms with E-state index in [9.17, 15) is 0 Å². The number of halogens is 1. The van der Waals surface area contributed by atoms with Crippen LogP contribution in [0.3, 0.4) is 0 Å². The molecule has 0 unspecified atom stereocenters. The maximum absolute atomic E-state index is 6.13. The number of nitrogens with one attached hydrogen (secondary N) is 1. The van der Waals surface area contributed by atoms with E-state index in [1.807, 2.05) is 32.5 Å². The van der Waals surface area contributed by atoms with Gasteiger partial charge in [-0.1, -0.05) is 11.6 Å². The van der Waals surface area contributed by atoms with Gasteiger partial charge in [0, 0.05) is 0 Å². The van der Waals surface area contributed by atoms with Crippen LogP contribution in [-0.2, 0) is 13.1 Å². The molecule has 0 spiro atoms. The van der Waals surface area contributed by atoms with Gasteiger partial charge in [0.15, 0.2) is 0 Å². The minimum Gasteiger partial charge on any atom is -0.462 e. The van der Waals surface area contributed by atoms with Gasteiger partial charge in [-0.05, 0) is 39.4 Å². The minimum atomic E-state index is 0.615. The predicted molar refractivity (Wildman–Crippen MR) is 72.0 cm³/mol. The number of nitrogens with zero attached hydrogens (tertiary/aromatic N) is 2. The topological polar surface area (TPSA) is 43.0 Å². The fourth-order valence-electron chi connectivity index (χ4n) is 1.98. The van der Waals surface area contributed by atoms with Crippen molar-refractivity contribution >= 4 is 11.6 Å². The SMILES string of the molecule is CNCc1oc(Cn2nc(C)c(Cl)c2C)cc1C. The molecule has 0 aliphatic carbocycles. The van der Waals surface area contributed by atoms with Crippen molar-refractivity contribution in [2.24, 2.45) is 0 Å². The summed E-state index contributed by atoms with van der Waals surface area (Å²) in [5, 5.41) is 8.22. The molecule has 2 aromatic rings. The lowest BCUT2D eigenvalue weighted by Crippen LogP contribution is -2.05. The second-order valence-corrected chi connectivity index (χ2v) is 4.87. The van der Waals surface area contributed by atoms with Crippen LogP contribution in [0.15, 0.2) is 10.5 Å². The summed E-state index contributed by atoms with van der Waals surface area (Å²) in [4.78, 5) is 0. The Kier molecular flexibility index (Phi) is 3.78. The van der Waals surface area contributed by atoms with Crippen molar-refractivity contribution in [1.82, 2.24) is 15.1 Å². The van der Waals surface area contributed by atoms with Gasteiger partial charge in [0.1, 0.15) is 11.5 Å². The molecule has 5 heteroatoms. The molecular weight excluding hydrogens is 250 g/mol. The van der Waals surface area contributed by atoms with Gasteiger partial charge < -0.3 is 9.73 Å². The quantitative estimate of drug-likeness (QED) is 0.926. The summed E-state index contributed by atoms with van der Waals surface area (Å²) >= 11 is 6.13. The van der Waals surface area contributed by atoms with Crippen molar-refractivity contribution in [3.05, 3.63) is 39.6 Å². The highest BCUT2D eigenvalue weighted by Crippen LogP contribution is 2.21. The Morgan fingerprint density at radius 3 is 2.67 bits per heavy atom. The van der Waals surface area contributed by atoms with E-state index in [4.69, 9.17) is 16.0 Å². The minimum absolute atomic E-state index is 0.615. The molecule has 0 saturated heterocycles. The number of hydrogen-bond donors (Lipinski definition) is 1. The summed E-state index contributed by atoms with van der Waals surface area (Å²) in [6, 6.07) is 2.05. The van der Waals surface area contributed by atoms with E-state index in [0.717, 1.165) is 40.0 Å². The lowest BCUT2D eigenvalue weighted by Gasteiger charge is -2.01. The van der Waals surface area contributed by atoms with Crippen LogP contribution in [0, 0.1) is 20.8 Å². The second-order valence-electron chi connectivity index (χ2n) is 4.49. The van der Waals surface area contributed by atoms with Gasteiger partial charge in [-0.3, -0.25) is 4.68 Å². The van der Waals surface area contributed by atoms with E-state index in [2.05, 4.69) is 16.5 Å². The molecule has 18 heavy (non-hydrogen) atoms. The molecule has 0 aromatic carbocycles. The predicted octanol–water partition coefficient (Wildman–Crippen LogP) is 2.82. The van der Waals surface area contributed by atoms with Crippen LogP contribution < -0.4 is 5.32 Å². The molecule has 2 rings (SSSR count). The van der Waals surface area contributed by atoms with Crippen molar-refractivity contribution in [2.75, 3.05) is 7.05 Å². The highest BCUT2D eigenvalue weighted by atomic mass is 35.5. The van der Waals surface area contributed by atoms with Crippen LogP contribution >= 0.6 is 11.6 Å². The van der Waals surface area contributed by atoms with E-state index in [0.29, 0.717) is 6.54 Å². The zero-order valence-electron chi connectivity index (χ0n) is 11.2. The Bertz CT molecular complexity index is 557. The zero-order valence-corrected chi connectivity index (χ0v) is 11.9. The Labute approximate surface area is 112 Å². The first-order valence-electron chi connectivity index (χ1n) is 5.95. The van der Waals surface area contributed by atoms with Gasteiger partial charge >= 0.3 is 0 Å². The second kappa shape index (κ2) is 5.16. The summed E-state index contributed by atoms with van der Waals surface area (Å²) < 4.78 is 7.67. The Morgan fingerprint density at radius 2 is 2.11 bits per heavy atom. The third kappa shape index (κ3) is 2.44. The zero-order chi connectivity index (χ0) is 13.3. The highest BCUT2D eigenvalue weighted by Gasteiger charge is 2.12. The molecule has 2 heterocycles. The average Bonchev–Trinajstić information content (AvgIpc) is 2.77. The molecule has 0 amide bonds. The lowest BCUT2D eigenvalue weighted by molar-refractivity contribution is 0.432. The Morgan fingerprint density at radius 1 is 1.39 bits per heavy atom. The van der Waals surface area contributed by atoms with E-state index < -0.39 is 0 Å². The Balaban J connectivity index is 2.23. The van der Waals surface area contributed by atoms with E-state index in [1.165, 1.54) is 0 Å². The molecule has 0 bridgehead atoms. The van der Waals surface area contributed by atoms with E-state index in [1.54, 1.807) is 0 Å². The lowest BCUT2D eigenvalue weighted by atomic mass is 10.2. The summed E-state index contributed by atoms with van der Waals surface area (Å²) in [7, 11) is 1.91. The van der Waals surface area contributed by atoms with Crippen molar-refractivity contribution in [3.63, 3.8) is 0 Å². The molecule has 0 aliphatic heterocycles. The Hall–Kier alpha value is -1.26. The third-order valence-corrected chi connectivity index (χ3v) is 3.55. The first-order valence-corrected chi connectivity index (χ1v) is 6.33. The van der Waals surface area contributed by atoms with Gasteiger partial charge in [0.25, 0.3) is 0 Å². The van der Waals surface area contributed by atoms with E-state index >= 15 is 0 Å². The molecule has 98 valence electrons. The van der Waals surface area contributed by atoms with Gasteiger partial charge in [0.05, 0.1) is 29.5 Å². The number of aromatic nitrogens is 2. The van der Waals surface area contributed by atoms with Crippen LogP contribution in [0.1, 0.15) is 28.5 Å².